The summed E-state index contributed by atoms with van der Waals surface area (Å²) < 4.78 is 19.6. The molecule has 0 atom stereocenters. The second-order valence-corrected chi connectivity index (χ2v) is 4.56. The smallest absolute Gasteiger partial charge is 0.224 e. The lowest BCUT2D eigenvalue weighted by Crippen LogP contribution is -2.03. The molecule has 2 N–H and O–H groups in total. The van der Waals surface area contributed by atoms with Gasteiger partial charge in [0.2, 0.25) is 5.95 Å². The molecule has 19 heavy (non-hydrogen) atoms. The van der Waals surface area contributed by atoms with Gasteiger partial charge in [0.05, 0.1) is 13.3 Å². The summed E-state index contributed by atoms with van der Waals surface area (Å²) in [4.78, 5) is 7.79. The zero-order chi connectivity index (χ0) is 13.8. The van der Waals surface area contributed by atoms with E-state index >= 15 is 0 Å². The van der Waals surface area contributed by atoms with Crippen LogP contribution in [0.1, 0.15) is 0 Å². The second-order valence-electron chi connectivity index (χ2n) is 3.64. The van der Waals surface area contributed by atoms with Gasteiger partial charge in [-0.2, -0.15) is 4.98 Å². The summed E-state index contributed by atoms with van der Waals surface area (Å²) >= 11 is 3.35. The first-order valence-electron chi connectivity index (χ1n) is 5.44. The Morgan fingerprint density at radius 2 is 2.11 bits per heavy atom. The number of rotatable bonds is 4. The summed E-state index contributed by atoms with van der Waals surface area (Å²) in [6.07, 6.45) is 1.11. The quantitative estimate of drug-likeness (QED) is 0.903. The van der Waals surface area contributed by atoms with Crippen LogP contribution in [0, 0.1) is 5.82 Å². The van der Waals surface area contributed by atoms with Gasteiger partial charge in [0.1, 0.15) is 5.75 Å². The van der Waals surface area contributed by atoms with Crippen LogP contribution < -0.4 is 15.4 Å². The summed E-state index contributed by atoms with van der Waals surface area (Å²) in [7, 11) is 3.23. The Hall–Kier alpha value is -1.89. The molecular formula is C12H12BrFN4O. The molecule has 0 fully saturated rings. The van der Waals surface area contributed by atoms with Crippen LogP contribution >= 0.6 is 15.9 Å². The number of hydrogen-bond donors (Lipinski definition) is 2. The molecule has 1 aromatic heterocycles. The third kappa shape index (κ3) is 3.31. The van der Waals surface area contributed by atoms with Crippen LogP contribution in [0.25, 0.3) is 0 Å². The molecule has 0 bridgehead atoms. The minimum atomic E-state index is -0.530. The standard InChI is InChI=1S/C12H12BrFN4O/c1-15-12-16-6-10(14)11(18-12)17-8-3-7(13)4-9(5-8)19-2/h3-6H,1-2H3,(H2,15,16,17,18). The monoisotopic (exact) mass is 326 g/mol. The van der Waals surface area contributed by atoms with Crippen molar-refractivity contribution in [2.45, 2.75) is 0 Å². The molecule has 0 radical (unpaired) electrons. The first-order chi connectivity index (χ1) is 9.12. The van der Waals surface area contributed by atoms with E-state index in [1.54, 1.807) is 32.4 Å². The number of anilines is 3. The molecule has 0 saturated heterocycles. The molecule has 1 heterocycles. The summed E-state index contributed by atoms with van der Waals surface area (Å²) in [6, 6.07) is 5.34. The van der Waals surface area contributed by atoms with Crippen molar-refractivity contribution in [1.82, 2.24) is 9.97 Å². The molecule has 2 aromatic rings. The SMILES string of the molecule is CNc1ncc(F)c(Nc2cc(Br)cc(OC)c2)n1. The number of aromatic nitrogens is 2. The number of nitrogens with one attached hydrogen (secondary N) is 2. The Bertz CT molecular complexity index is 594. The van der Waals surface area contributed by atoms with Crippen molar-refractivity contribution in [3.05, 3.63) is 34.7 Å². The number of nitrogens with zero attached hydrogens (tertiary/aromatic N) is 2. The molecule has 5 nitrogen and oxygen atoms in total. The topological polar surface area (TPSA) is 59.1 Å². The van der Waals surface area contributed by atoms with Gasteiger partial charge in [-0.15, -0.1) is 0 Å². The Morgan fingerprint density at radius 1 is 1.32 bits per heavy atom. The minimum absolute atomic E-state index is 0.0968. The number of hydrogen-bond acceptors (Lipinski definition) is 5. The van der Waals surface area contributed by atoms with Gasteiger partial charge in [-0.05, 0) is 12.1 Å². The maximum Gasteiger partial charge on any atom is 0.224 e. The van der Waals surface area contributed by atoms with E-state index < -0.39 is 5.82 Å². The number of halogens is 2. The lowest BCUT2D eigenvalue weighted by molar-refractivity contribution is 0.415. The fraction of sp³-hybridized carbons (Fsp3) is 0.167. The molecule has 0 spiro atoms. The van der Waals surface area contributed by atoms with Gasteiger partial charge in [-0.1, -0.05) is 15.9 Å². The zero-order valence-corrected chi connectivity index (χ0v) is 12.0. The number of ether oxygens (including phenoxy) is 1. The Kier molecular flexibility index (Phi) is 4.16. The van der Waals surface area contributed by atoms with E-state index in [4.69, 9.17) is 4.74 Å². The first kappa shape index (κ1) is 13.5. The van der Waals surface area contributed by atoms with E-state index in [1.807, 2.05) is 0 Å². The molecule has 7 heteroatoms. The predicted octanol–water partition coefficient (Wildman–Crippen LogP) is 3.17. The minimum Gasteiger partial charge on any atom is -0.497 e. The maximum absolute atomic E-state index is 13.6. The average Bonchev–Trinajstić information content (AvgIpc) is 2.40. The highest BCUT2D eigenvalue weighted by Gasteiger charge is 2.08. The van der Waals surface area contributed by atoms with Crippen LogP contribution in [0.5, 0.6) is 5.75 Å². The Labute approximate surface area is 118 Å². The number of methoxy groups -OCH3 is 1. The van der Waals surface area contributed by atoms with Crippen molar-refractivity contribution in [2.75, 3.05) is 24.8 Å². The van der Waals surface area contributed by atoms with E-state index in [2.05, 4.69) is 36.5 Å². The summed E-state index contributed by atoms with van der Waals surface area (Å²) in [5.74, 6) is 0.559. The predicted molar refractivity (Wildman–Crippen MR) is 75.5 cm³/mol. The largest absolute Gasteiger partial charge is 0.497 e. The van der Waals surface area contributed by atoms with Crippen molar-refractivity contribution in [1.29, 1.82) is 0 Å². The Balaban J connectivity index is 2.32. The summed E-state index contributed by atoms with van der Waals surface area (Å²) in [6.45, 7) is 0. The van der Waals surface area contributed by atoms with Gasteiger partial charge in [-0.25, -0.2) is 9.37 Å². The highest BCUT2D eigenvalue weighted by Crippen LogP contribution is 2.27. The van der Waals surface area contributed by atoms with Crippen molar-refractivity contribution >= 4 is 33.4 Å². The first-order valence-corrected chi connectivity index (χ1v) is 6.23. The molecule has 0 unspecified atom stereocenters. The fourth-order valence-corrected chi connectivity index (χ4v) is 1.94. The van der Waals surface area contributed by atoms with Crippen LogP contribution in [0.15, 0.2) is 28.9 Å². The highest BCUT2D eigenvalue weighted by molar-refractivity contribution is 9.10. The molecule has 0 aliphatic rings. The molecule has 0 amide bonds. The molecular weight excluding hydrogens is 315 g/mol. The van der Waals surface area contributed by atoms with Crippen LogP contribution in [0.2, 0.25) is 0 Å². The summed E-state index contributed by atoms with van der Waals surface area (Å²) in [5, 5.41) is 5.64. The van der Waals surface area contributed by atoms with Gasteiger partial charge >= 0.3 is 0 Å². The normalized spacial score (nSPS) is 10.1. The van der Waals surface area contributed by atoms with E-state index in [0.29, 0.717) is 17.4 Å². The van der Waals surface area contributed by atoms with Crippen molar-refractivity contribution in [3.63, 3.8) is 0 Å². The van der Waals surface area contributed by atoms with Gasteiger partial charge < -0.3 is 15.4 Å². The van der Waals surface area contributed by atoms with Crippen molar-refractivity contribution in [2.24, 2.45) is 0 Å². The molecule has 100 valence electrons. The van der Waals surface area contributed by atoms with Crippen LogP contribution in [-0.2, 0) is 0 Å². The van der Waals surface area contributed by atoms with Gasteiger partial charge in [-0.3, -0.25) is 0 Å². The zero-order valence-electron chi connectivity index (χ0n) is 10.4. The van der Waals surface area contributed by atoms with E-state index in [0.717, 1.165) is 10.7 Å². The second kappa shape index (κ2) is 5.83. The average molecular weight is 327 g/mol. The van der Waals surface area contributed by atoms with Crippen LogP contribution in [0.3, 0.4) is 0 Å². The molecule has 1 aromatic carbocycles. The molecule has 0 aliphatic heterocycles. The Morgan fingerprint density at radius 3 is 2.79 bits per heavy atom. The third-order valence-corrected chi connectivity index (χ3v) is 2.80. The van der Waals surface area contributed by atoms with E-state index in [-0.39, 0.29) is 5.82 Å². The lowest BCUT2D eigenvalue weighted by Gasteiger charge is -2.10. The molecule has 0 saturated carbocycles. The van der Waals surface area contributed by atoms with Crippen molar-refractivity contribution < 1.29 is 9.13 Å². The third-order valence-electron chi connectivity index (χ3n) is 2.34. The van der Waals surface area contributed by atoms with Gasteiger partial charge in [0, 0.05) is 23.3 Å². The van der Waals surface area contributed by atoms with Crippen molar-refractivity contribution in [3.8, 4) is 5.75 Å². The van der Waals surface area contributed by atoms with E-state index in [1.165, 1.54) is 0 Å². The summed E-state index contributed by atoms with van der Waals surface area (Å²) in [5.41, 5.74) is 0.658. The fourth-order valence-electron chi connectivity index (χ4n) is 1.46. The van der Waals surface area contributed by atoms with Crippen LogP contribution in [0.4, 0.5) is 21.8 Å². The lowest BCUT2D eigenvalue weighted by atomic mass is 10.3. The maximum atomic E-state index is 13.6. The van der Waals surface area contributed by atoms with Gasteiger partial charge in [0.25, 0.3) is 0 Å². The van der Waals surface area contributed by atoms with Gasteiger partial charge in [0.15, 0.2) is 11.6 Å². The highest BCUT2D eigenvalue weighted by atomic mass is 79.9. The molecule has 0 aliphatic carbocycles. The van der Waals surface area contributed by atoms with Crippen LogP contribution in [-0.4, -0.2) is 24.1 Å². The number of benzene rings is 1. The molecule has 2 rings (SSSR count). The van der Waals surface area contributed by atoms with E-state index in [9.17, 15) is 4.39 Å².